The van der Waals surface area contributed by atoms with Crippen LogP contribution < -0.4 is 10.6 Å². The molecular formula is C16H16Cl2N6S. The van der Waals surface area contributed by atoms with Crippen molar-refractivity contribution in [2.75, 3.05) is 10.6 Å². The summed E-state index contributed by atoms with van der Waals surface area (Å²) in [5, 5.41) is 16.3. The van der Waals surface area contributed by atoms with Crippen LogP contribution in [-0.2, 0) is 13.6 Å². The van der Waals surface area contributed by atoms with Crippen molar-refractivity contribution in [1.82, 2.24) is 19.6 Å². The molecule has 0 aliphatic carbocycles. The molecule has 1 aromatic carbocycles. The van der Waals surface area contributed by atoms with E-state index in [1.54, 1.807) is 21.6 Å². The molecular weight excluding hydrogens is 379 g/mol. The van der Waals surface area contributed by atoms with Crippen LogP contribution in [0.5, 0.6) is 0 Å². The third-order valence-corrected chi connectivity index (χ3v) is 4.64. The fourth-order valence-corrected chi connectivity index (χ4v) is 2.77. The van der Waals surface area contributed by atoms with Gasteiger partial charge in [-0.25, -0.2) is 0 Å². The fourth-order valence-electron chi connectivity index (χ4n) is 2.23. The van der Waals surface area contributed by atoms with Crippen LogP contribution in [0, 0.1) is 6.92 Å². The summed E-state index contributed by atoms with van der Waals surface area (Å²) in [5.74, 6) is 0.652. The molecule has 0 saturated heterocycles. The largest absolute Gasteiger partial charge is 0.330 e. The van der Waals surface area contributed by atoms with Gasteiger partial charge in [0.2, 0.25) is 0 Å². The van der Waals surface area contributed by atoms with Crippen LogP contribution in [0.4, 0.5) is 11.5 Å². The minimum absolute atomic E-state index is 0.455. The number of anilines is 2. The zero-order valence-electron chi connectivity index (χ0n) is 13.6. The molecule has 0 bridgehead atoms. The number of hydrogen-bond donors (Lipinski definition) is 2. The quantitative estimate of drug-likeness (QED) is 0.652. The molecule has 0 unspecified atom stereocenters. The van der Waals surface area contributed by atoms with Gasteiger partial charge in [-0.15, -0.1) is 0 Å². The van der Waals surface area contributed by atoms with Crippen molar-refractivity contribution < 1.29 is 0 Å². The molecule has 2 aromatic heterocycles. The molecule has 2 heterocycles. The average Bonchev–Trinajstić information content (AvgIpc) is 3.12. The van der Waals surface area contributed by atoms with Crippen molar-refractivity contribution in [3.8, 4) is 0 Å². The molecule has 6 nitrogen and oxygen atoms in total. The Morgan fingerprint density at radius 1 is 1.20 bits per heavy atom. The van der Waals surface area contributed by atoms with Gasteiger partial charge >= 0.3 is 0 Å². The first-order chi connectivity index (χ1) is 11.9. The minimum atomic E-state index is 0.455. The molecule has 0 saturated carbocycles. The SMILES string of the molecule is Cc1c(NC(=S)Nc2ccn(Cc3ccc(Cl)c(Cl)c3)n2)cnn1C. The third kappa shape index (κ3) is 4.31. The molecule has 0 aliphatic rings. The highest BCUT2D eigenvalue weighted by molar-refractivity contribution is 7.80. The Morgan fingerprint density at radius 2 is 2.00 bits per heavy atom. The van der Waals surface area contributed by atoms with Crippen molar-refractivity contribution in [3.63, 3.8) is 0 Å². The van der Waals surface area contributed by atoms with Gasteiger partial charge in [0, 0.05) is 19.3 Å². The first-order valence-electron chi connectivity index (χ1n) is 7.46. The Bertz CT molecular complexity index is 917. The van der Waals surface area contributed by atoms with Gasteiger partial charge in [-0.3, -0.25) is 9.36 Å². The Kier molecular flexibility index (Phi) is 5.27. The second kappa shape index (κ2) is 7.43. The number of nitrogens with zero attached hydrogens (tertiary/aromatic N) is 4. The van der Waals surface area contributed by atoms with Gasteiger partial charge in [-0.05, 0) is 36.8 Å². The second-order valence-corrected chi connectivity index (χ2v) is 6.72. The Morgan fingerprint density at radius 3 is 2.68 bits per heavy atom. The molecule has 0 radical (unpaired) electrons. The number of aryl methyl sites for hydroxylation is 1. The summed E-state index contributed by atoms with van der Waals surface area (Å²) in [6, 6.07) is 7.37. The van der Waals surface area contributed by atoms with Crippen LogP contribution in [0.1, 0.15) is 11.3 Å². The number of thiocarbonyl (C=S) groups is 1. The molecule has 0 aliphatic heterocycles. The lowest BCUT2D eigenvalue weighted by Gasteiger charge is -2.08. The Balaban J connectivity index is 1.62. The Labute approximate surface area is 160 Å². The lowest BCUT2D eigenvalue weighted by Crippen LogP contribution is -2.20. The smallest absolute Gasteiger partial charge is 0.176 e. The molecule has 0 atom stereocenters. The average molecular weight is 395 g/mol. The fraction of sp³-hybridized carbons (Fsp3) is 0.188. The lowest BCUT2D eigenvalue weighted by atomic mass is 10.2. The van der Waals surface area contributed by atoms with E-state index in [4.69, 9.17) is 35.4 Å². The first-order valence-corrected chi connectivity index (χ1v) is 8.63. The number of hydrogen-bond acceptors (Lipinski definition) is 3. The van der Waals surface area contributed by atoms with Gasteiger partial charge in [0.1, 0.15) is 0 Å². The highest BCUT2D eigenvalue weighted by Gasteiger charge is 2.07. The predicted molar refractivity (Wildman–Crippen MR) is 106 cm³/mol. The Hall–Kier alpha value is -2.09. The van der Waals surface area contributed by atoms with E-state index in [9.17, 15) is 0 Å². The summed E-state index contributed by atoms with van der Waals surface area (Å²) < 4.78 is 3.57. The molecule has 9 heteroatoms. The molecule has 2 N–H and O–H groups in total. The number of rotatable bonds is 4. The van der Waals surface area contributed by atoms with Gasteiger partial charge < -0.3 is 10.6 Å². The summed E-state index contributed by atoms with van der Waals surface area (Å²) in [6.07, 6.45) is 3.59. The molecule has 0 spiro atoms. The van der Waals surface area contributed by atoms with Gasteiger partial charge in [0.25, 0.3) is 0 Å². The van der Waals surface area contributed by atoms with Crippen molar-refractivity contribution >= 4 is 52.0 Å². The first kappa shape index (κ1) is 17.7. The normalized spacial score (nSPS) is 10.7. The summed E-state index contributed by atoms with van der Waals surface area (Å²) in [4.78, 5) is 0. The van der Waals surface area contributed by atoms with Crippen LogP contribution in [0.15, 0.2) is 36.7 Å². The van der Waals surface area contributed by atoms with E-state index in [0.717, 1.165) is 16.9 Å². The van der Waals surface area contributed by atoms with Gasteiger partial charge in [0.15, 0.2) is 10.9 Å². The predicted octanol–water partition coefficient (Wildman–Crippen LogP) is 4.09. The van der Waals surface area contributed by atoms with E-state index in [0.29, 0.717) is 27.5 Å². The van der Waals surface area contributed by atoms with E-state index < -0.39 is 0 Å². The van der Waals surface area contributed by atoms with Crippen LogP contribution in [0.2, 0.25) is 10.0 Å². The monoisotopic (exact) mass is 394 g/mol. The maximum absolute atomic E-state index is 6.04. The molecule has 130 valence electrons. The lowest BCUT2D eigenvalue weighted by molar-refractivity contribution is 0.690. The van der Waals surface area contributed by atoms with E-state index in [1.807, 2.05) is 38.4 Å². The zero-order chi connectivity index (χ0) is 18.0. The minimum Gasteiger partial charge on any atom is -0.330 e. The molecule has 0 amide bonds. The number of benzene rings is 1. The maximum atomic E-state index is 6.04. The van der Waals surface area contributed by atoms with Crippen molar-refractivity contribution in [2.45, 2.75) is 13.5 Å². The van der Waals surface area contributed by atoms with Crippen molar-refractivity contribution in [2.24, 2.45) is 7.05 Å². The summed E-state index contributed by atoms with van der Waals surface area (Å²) in [6.45, 7) is 2.55. The molecule has 25 heavy (non-hydrogen) atoms. The highest BCUT2D eigenvalue weighted by Crippen LogP contribution is 2.23. The molecule has 3 rings (SSSR count). The van der Waals surface area contributed by atoms with E-state index in [1.165, 1.54) is 0 Å². The topological polar surface area (TPSA) is 59.7 Å². The molecule has 3 aromatic rings. The maximum Gasteiger partial charge on any atom is 0.176 e. The summed E-state index contributed by atoms with van der Waals surface area (Å²) in [5.41, 5.74) is 2.86. The zero-order valence-corrected chi connectivity index (χ0v) is 16.0. The van der Waals surface area contributed by atoms with E-state index in [2.05, 4.69) is 20.8 Å². The van der Waals surface area contributed by atoms with Crippen LogP contribution in [-0.4, -0.2) is 24.7 Å². The van der Waals surface area contributed by atoms with Gasteiger partial charge in [0.05, 0.1) is 34.2 Å². The van der Waals surface area contributed by atoms with E-state index >= 15 is 0 Å². The summed E-state index contributed by atoms with van der Waals surface area (Å²) in [7, 11) is 1.88. The number of aromatic nitrogens is 4. The van der Waals surface area contributed by atoms with Gasteiger partial charge in [-0.1, -0.05) is 29.3 Å². The van der Waals surface area contributed by atoms with Crippen LogP contribution in [0.25, 0.3) is 0 Å². The van der Waals surface area contributed by atoms with Crippen LogP contribution >= 0.6 is 35.4 Å². The highest BCUT2D eigenvalue weighted by atomic mass is 35.5. The van der Waals surface area contributed by atoms with Crippen molar-refractivity contribution in [1.29, 1.82) is 0 Å². The molecule has 0 fully saturated rings. The number of halogens is 2. The third-order valence-electron chi connectivity index (χ3n) is 3.69. The second-order valence-electron chi connectivity index (χ2n) is 5.49. The van der Waals surface area contributed by atoms with Crippen molar-refractivity contribution in [3.05, 3.63) is 58.0 Å². The summed E-state index contributed by atoms with van der Waals surface area (Å²) >= 11 is 17.3. The standard InChI is InChI=1S/C16H16Cl2N6S/c1-10-14(8-19-23(10)2)20-16(25)21-15-5-6-24(22-15)9-11-3-4-12(17)13(18)7-11/h3-8H,9H2,1-2H3,(H2,20,21,22,25). The van der Waals surface area contributed by atoms with E-state index in [-0.39, 0.29) is 0 Å². The number of nitrogens with one attached hydrogen (secondary N) is 2. The van der Waals surface area contributed by atoms with Crippen LogP contribution in [0.3, 0.4) is 0 Å². The van der Waals surface area contributed by atoms with Gasteiger partial charge in [-0.2, -0.15) is 10.2 Å².